The number of aromatic amines is 1. The predicted octanol–water partition coefficient (Wildman–Crippen LogP) is 1.36. The van der Waals surface area contributed by atoms with Crippen molar-refractivity contribution < 1.29 is 0 Å². The Morgan fingerprint density at radius 3 is 2.77 bits per heavy atom. The van der Waals surface area contributed by atoms with E-state index in [9.17, 15) is 0 Å². The van der Waals surface area contributed by atoms with Gasteiger partial charge in [0.2, 0.25) is 0 Å². The average molecular weight is 179 g/mol. The van der Waals surface area contributed by atoms with Gasteiger partial charge in [0.15, 0.2) is 0 Å². The van der Waals surface area contributed by atoms with Gasteiger partial charge in [-0.2, -0.15) is 0 Å². The first-order valence-electron chi connectivity index (χ1n) is 4.93. The normalized spacial score (nSPS) is 19.8. The van der Waals surface area contributed by atoms with Crippen molar-refractivity contribution in [1.82, 2.24) is 15.3 Å². The molecule has 1 saturated carbocycles. The smallest absolute Gasteiger partial charge is 0.113 e. The highest BCUT2D eigenvalue weighted by molar-refractivity contribution is 5.16. The lowest BCUT2D eigenvalue weighted by Gasteiger charge is -2.40. The fourth-order valence-electron chi connectivity index (χ4n) is 2.12. The second-order valence-electron chi connectivity index (χ2n) is 4.08. The Bertz CT molecular complexity index is 286. The summed E-state index contributed by atoms with van der Waals surface area (Å²) in [7, 11) is 2.01. The Balaban J connectivity index is 2.21. The van der Waals surface area contributed by atoms with Crippen molar-refractivity contribution in [3.63, 3.8) is 0 Å². The molecule has 1 aliphatic rings. The summed E-state index contributed by atoms with van der Waals surface area (Å²) in [6.45, 7) is 3.10. The lowest BCUT2D eigenvalue weighted by atomic mass is 9.68. The second-order valence-corrected chi connectivity index (χ2v) is 4.08. The number of aromatic nitrogens is 2. The van der Waals surface area contributed by atoms with E-state index < -0.39 is 0 Å². The molecular formula is C10H17N3. The maximum Gasteiger partial charge on any atom is 0.113 e. The molecule has 1 heterocycles. The lowest BCUT2D eigenvalue weighted by Crippen LogP contribution is -2.43. The molecule has 3 nitrogen and oxygen atoms in total. The van der Waals surface area contributed by atoms with Gasteiger partial charge in [-0.15, -0.1) is 0 Å². The zero-order chi connectivity index (χ0) is 9.31. The number of H-pyrrole nitrogens is 1. The van der Waals surface area contributed by atoms with Crippen LogP contribution in [0.3, 0.4) is 0 Å². The molecule has 2 rings (SSSR count). The van der Waals surface area contributed by atoms with Crippen LogP contribution >= 0.6 is 0 Å². The Hall–Kier alpha value is -0.830. The zero-order valence-electron chi connectivity index (χ0n) is 8.35. The van der Waals surface area contributed by atoms with Crippen LogP contribution in [0.2, 0.25) is 0 Å². The van der Waals surface area contributed by atoms with Gasteiger partial charge in [-0.3, -0.25) is 0 Å². The molecule has 0 spiro atoms. The third-order valence-electron chi connectivity index (χ3n) is 3.03. The van der Waals surface area contributed by atoms with Crippen LogP contribution in [0.25, 0.3) is 0 Å². The molecule has 1 aromatic heterocycles. The van der Waals surface area contributed by atoms with Gasteiger partial charge in [0.05, 0.1) is 0 Å². The molecule has 0 bridgehead atoms. The molecule has 0 saturated heterocycles. The summed E-state index contributed by atoms with van der Waals surface area (Å²) < 4.78 is 0. The van der Waals surface area contributed by atoms with Gasteiger partial charge in [-0.05, 0) is 26.8 Å². The van der Waals surface area contributed by atoms with E-state index in [1.54, 1.807) is 0 Å². The number of aryl methyl sites for hydroxylation is 1. The van der Waals surface area contributed by atoms with E-state index >= 15 is 0 Å². The number of imidazole rings is 1. The molecule has 1 aromatic rings. The molecule has 1 aliphatic carbocycles. The molecule has 0 radical (unpaired) electrons. The van der Waals surface area contributed by atoms with Crippen LogP contribution in [0, 0.1) is 6.92 Å². The molecule has 0 aliphatic heterocycles. The van der Waals surface area contributed by atoms with Crippen LogP contribution in [0.5, 0.6) is 0 Å². The van der Waals surface area contributed by atoms with Crippen molar-refractivity contribution in [3.05, 3.63) is 17.7 Å². The van der Waals surface area contributed by atoms with Crippen LogP contribution in [0.1, 0.15) is 30.8 Å². The van der Waals surface area contributed by atoms with Crippen molar-refractivity contribution in [2.24, 2.45) is 0 Å². The molecule has 3 heteroatoms. The van der Waals surface area contributed by atoms with E-state index in [1.165, 1.54) is 25.1 Å². The van der Waals surface area contributed by atoms with E-state index in [-0.39, 0.29) is 0 Å². The van der Waals surface area contributed by atoms with E-state index in [4.69, 9.17) is 0 Å². The van der Waals surface area contributed by atoms with Crippen molar-refractivity contribution in [3.8, 4) is 0 Å². The van der Waals surface area contributed by atoms with E-state index in [0.29, 0.717) is 5.41 Å². The second kappa shape index (κ2) is 3.14. The summed E-state index contributed by atoms with van der Waals surface area (Å²) in [5, 5.41) is 3.26. The van der Waals surface area contributed by atoms with Gasteiger partial charge in [0.25, 0.3) is 0 Å². The topological polar surface area (TPSA) is 40.7 Å². The van der Waals surface area contributed by atoms with Crippen molar-refractivity contribution in [1.29, 1.82) is 0 Å². The summed E-state index contributed by atoms with van der Waals surface area (Å²) in [4.78, 5) is 7.79. The highest BCUT2D eigenvalue weighted by atomic mass is 15.0. The SMILES string of the molecule is CNCC1(c2ncc(C)[nH]2)CCC1. The van der Waals surface area contributed by atoms with Crippen molar-refractivity contribution in [2.45, 2.75) is 31.6 Å². The maximum atomic E-state index is 4.43. The zero-order valence-corrected chi connectivity index (χ0v) is 8.35. The highest BCUT2D eigenvalue weighted by Crippen LogP contribution is 2.41. The molecule has 0 atom stereocenters. The predicted molar refractivity (Wildman–Crippen MR) is 52.8 cm³/mol. The van der Waals surface area contributed by atoms with E-state index in [0.717, 1.165) is 12.2 Å². The molecule has 2 N–H and O–H groups in total. The molecule has 1 fully saturated rings. The van der Waals surface area contributed by atoms with E-state index in [1.807, 2.05) is 13.2 Å². The lowest BCUT2D eigenvalue weighted by molar-refractivity contribution is 0.226. The number of nitrogens with one attached hydrogen (secondary N) is 2. The molecule has 0 unspecified atom stereocenters. The minimum Gasteiger partial charge on any atom is -0.346 e. The fourth-order valence-corrected chi connectivity index (χ4v) is 2.12. The van der Waals surface area contributed by atoms with Crippen LogP contribution in [-0.2, 0) is 5.41 Å². The first kappa shape index (κ1) is 8.75. The van der Waals surface area contributed by atoms with Gasteiger partial charge in [-0.1, -0.05) is 6.42 Å². The summed E-state index contributed by atoms with van der Waals surface area (Å²) in [6.07, 6.45) is 5.79. The largest absolute Gasteiger partial charge is 0.346 e. The summed E-state index contributed by atoms with van der Waals surface area (Å²) in [6, 6.07) is 0. The van der Waals surface area contributed by atoms with Gasteiger partial charge >= 0.3 is 0 Å². The summed E-state index contributed by atoms with van der Waals surface area (Å²) >= 11 is 0. The van der Waals surface area contributed by atoms with Crippen LogP contribution < -0.4 is 5.32 Å². The number of nitrogens with zero attached hydrogens (tertiary/aromatic N) is 1. The van der Waals surface area contributed by atoms with Gasteiger partial charge < -0.3 is 10.3 Å². The Labute approximate surface area is 79.0 Å². The third kappa shape index (κ3) is 1.37. The number of likely N-dealkylation sites (N-methyl/N-ethyl adjacent to an activating group) is 1. The quantitative estimate of drug-likeness (QED) is 0.735. The van der Waals surface area contributed by atoms with Crippen LogP contribution in [0.15, 0.2) is 6.20 Å². The summed E-state index contributed by atoms with van der Waals surface area (Å²) in [5.74, 6) is 1.17. The minimum absolute atomic E-state index is 0.309. The summed E-state index contributed by atoms with van der Waals surface area (Å²) in [5.41, 5.74) is 1.47. The maximum absolute atomic E-state index is 4.43. The fraction of sp³-hybridized carbons (Fsp3) is 0.700. The first-order valence-corrected chi connectivity index (χ1v) is 4.93. The number of hydrogen-bond donors (Lipinski definition) is 2. The molecule has 0 amide bonds. The molecular weight excluding hydrogens is 162 g/mol. The molecule has 0 aromatic carbocycles. The van der Waals surface area contributed by atoms with Gasteiger partial charge in [0, 0.05) is 23.9 Å². The highest BCUT2D eigenvalue weighted by Gasteiger charge is 2.40. The monoisotopic (exact) mass is 179 g/mol. The Morgan fingerprint density at radius 2 is 2.38 bits per heavy atom. The minimum atomic E-state index is 0.309. The third-order valence-corrected chi connectivity index (χ3v) is 3.03. The first-order chi connectivity index (χ1) is 6.27. The number of rotatable bonds is 3. The average Bonchev–Trinajstić information content (AvgIpc) is 2.44. The van der Waals surface area contributed by atoms with Gasteiger partial charge in [-0.25, -0.2) is 4.98 Å². The standard InChI is InChI=1S/C10H17N3/c1-8-6-12-9(13-8)10(7-11-2)4-3-5-10/h6,11H,3-5,7H2,1-2H3,(H,12,13). The molecule has 72 valence electrons. The van der Waals surface area contributed by atoms with Crippen LogP contribution in [-0.4, -0.2) is 23.6 Å². The van der Waals surface area contributed by atoms with Gasteiger partial charge in [0.1, 0.15) is 5.82 Å². The molecule has 13 heavy (non-hydrogen) atoms. The van der Waals surface area contributed by atoms with Crippen molar-refractivity contribution in [2.75, 3.05) is 13.6 Å². The Morgan fingerprint density at radius 1 is 1.62 bits per heavy atom. The van der Waals surface area contributed by atoms with Crippen LogP contribution in [0.4, 0.5) is 0 Å². The van der Waals surface area contributed by atoms with E-state index in [2.05, 4.69) is 22.2 Å². The van der Waals surface area contributed by atoms with Crippen molar-refractivity contribution >= 4 is 0 Å². The number of hydrogen-bond acceptors (Lipinski definition) is 2. The Kier molecular flexibility index (Phi) is 2.12.